The number of carbonyl (C=O) groups is 1. The van der Waals surface area contributed by atoms with Gasteiger partial charge in [-0.3, -0.25) is 4.79 Å². The summed E-state index contributed by atoms with van der Waals surface area (Å²) in [7, 11) is 0. The van der Waals surface area contributed by atoms with Gasteiger partial charge in [-0.1, -0.05) is 13.3 Å². The molecule has 3 heteroatoms. The minimum atomic E-state index is -0.619. The third-order valence-electron chi connectivity index (χ3n) is 5.25. The summed E-state index contributed by atoms with van der Waals surface area (Å²) >= 11 is 0. The first-order chi connectivity index (χ1) is 8.52. The van der Waals surface area contributed by atoms with E-state index in [1.165, 1.54) is 11.1 Å². The first kappa shape index (κ1) is 11.8. The van der Waals surface area contributed by atoms with Crippen molar-refractivity contribution >= 4 is 5.97 Å². The number of hydrogen-bond acceptors (Lipinski definition) is 2. The number of furan rings is 1. The third kappa shape index (κ3) is 1.53. The molecule has 1 saturated carbocycles. The van der Waals surface area contributed by atoms with Gasteiger partial charge in [0.2, 0.25) is 0 Å². The maximum absolute atomic E-state index is 11.5. The molecule has 3 atom stereocenters. The molecule has 2 aliphatic rings. The molecule has 0 radical (unpaired) electrons. The quantitative estimate of drug-likeness (QED) is 0.830. The van der Waals surface area contributed by atoms with Crippen LogP contribution in [0.4, 0.5) is 0 Å². The Morgan fingerprint density at radius 1 is 1.50 bits per heavy atom. The van der Waals surface area contributed by atoms with Crippen molar-refractivity contribution in [2.45, 2.75) is 46.0 Å². The molecule has 3 unspecified atom stereocenters. The Hall–Kier alpha value is -1.25. The van der Waals surface area contributed by atoms with Gasteiger partial charge in [0.25, 0.3) is 0 Å². The Morgan fingerprint density at radius 3 is 3.00 bits per heavy atom. The zero-order chi connectivity index (χ0) is 12.9. The Kier molecular flexibility index (Phi) is 2.54. The van der Waals surface area contributed by atoms with Crippen molar-refractivity contribution in [3.63, 3.8) is 0 Å². The van der Waals surface area contributed by atoms with Gasteiger partial charge in [0.15, 0.2) is 0 Å². The predicted octanol–water partition coefficient (Wildman–Crippen LogP) is 3.19. The Labute approximate surface area is 107 Å². The molecular formula is C15H20O3. The van der Waals surface area contributed by atoms with Crippen molar-refractivity contribution in [3.05, 3.63) is 23.2 Å². The van der Waals surface area contributed by atoms with Crippen molar-refractivity contribution in [1.29, 1.82) is 0 Å². The van der Waals surface area contributed by atoms with E-state index in [1.807, 2.05) is 6.26 Å². The molecule has 18 heavy (non-hydrogen) atoms. The molecule has 0 aliphatic heterocycles. The van der Waals surface area contributed by atoms with Gasteiger partial charge in [-0.2, -0.15) is 0 Å². The summed E-state index contributed by atoms with van der Waals surface area (Å²) in [6.07, 6.45) is 6.61. The van der Waals surface area contributed by atoms with Crippen molar-refractivity contribution < 1.29 is 14.3 Å². The molecule has 1 aromatic heterocycles. The maximum Gasteiger partial charge on any atom is 0.307 e. The molecule has 1 heterocycles. The fourth-order valence-corrected chi connectivity index (χ4v) is 4.06. The highest BCUT2D eigenvalue weighted by atomic mass is 16.4. The van der Waals surface area contributed by atoms with E-state index in [0.717, 1.165) is 37.9 Å². The van der Waals surface area contributed by atoms with Gasteiger partial charge in [0.05, 0.1) is 12.2 Å². The highest BCUT2D eigenvalue weighted by Gasteiger charge is 2.50. The highest BCUT2D eigenvalue weighted by molar-refractivity contribution is 5.71. The number of hydrogen-bond donors (Lipinski definition) is 1. The van der Waals surface area contributed by atoms with Crippen LogP contribution in [-0.4, -0.2) is 11.1 Å². The Bertz CT molecular complexity index is 488. The molecule has 1 N–H and O–H groups in total. The van der Waals surface area contributed by atoms with E-state index in [0.29, 0.717) is 5.92 Å². The van der Waals surface area contributed by atoms with Crippen molar-refractivity contribution in [2.24, 2.45) is 17.3 Å². The summed E-state index contributed by atoms with van der Waals surface area (Å²) in [6, 6.07) is 0. The maximum atomic E-state index is 11.5. The summed E-state index contributed by atoms with van der Waals surface area (Å²) in [5.41, 5.74) is 2.35. The van der Waals surface area contributed by atoms with E-state index in [-0.39, 0.29) is 11.3 Å². The standard InChI is InChI=1S/C15H20O3/c1-9-8-18-13-6-10-4-3-5-12(14(16)17)15(10,2)7-11(9)13/h8,10,12H,3-7H2,1-2H3,(H,16,17). The summed E-state index contributed by atoms with van der Waals surface area (Å²) in [6.45, 7) is 4.23. The zero-order valence-corrected chi connectivity index (χ0v) is 11.0. The van der Waals surface area contributed by atoms with E-state index in [2.05, 4.69) is 13.8 Å². The summed E-state index contributed by atoms with van der Waals surface area (Å²) in [4.78, 5) is 11.5. The average molecular weight is 248 g/mol. The SMILES string of the molecule is Cc1coc2c1CC1(C)C(CCCC1C(=O)O)C2. The fourth-order valence-electron chi connectivity index (χ4n) is 4.06. The molecule has 3 nitrogen and oxygen atoms in total. The van der Waals surface area contributed by atoms with Crippen LogP contribution in [0.1, 0.15) is 43.1 Å². The molecule has 0 saturated heterocycles. The molecule has 3 rings (SSSR count). The monoisotopic (exact) mass is 248 g/mol. The minimum absolute atomic E-state index is 0.0916. The lowest BCUT2D eigenvalue weighted by molar-refractivity contribution is -0.151. The lowest BCUT2D eigenvalue weighted by Gasteiger charge is -2.48. The summed E-state index contributed by atoms with van der Waals surface area (Å²) < 4.78 is 5.63. The molecule has 0 bridgehead atoms. The minimum Gasteiger partial charge on any atom is -0.481 e. The van der Waals surface area contributed by atoms with E-state index in [1.54, 1.807) is 0 Å². The lowest BCUT2D eigenvalue weighted by atomic mass is 9.55. The van der Waals surface area contributed by atoms with Crippen LogP contribution in [0.3, 0.4) is 0 Å². The van der Waals surface area contributed by atoms with Gasteiger partial charge in [-0.15, -0.1) is 0 Å². The van der Waals surface area contributed by atoms with Gasteiger partial charge in [0, 0.05) is 6.42 Å². The average Bonchev–Trinajstić information content (AvgIpc) is 2.66. The van der Waals surface area contributed by atoms with Crippen LogP contribution in [0.15, 0.2) is 10.7 Å². The lowest BCUT2D eigenvalue weighted by Crippen LogP contribution is -2.47. The first-order valence-corrected chi connectivity index (χ1v) is 6.81. The van der Waals surface area contributed by atoms with Crippen LogP contribution >= 0.6 is 0 Å². The second-order valence-electron chi connectivity index (χ2n) is 6.23. The number of aliphatic carboxylic acids is 1. The van der Waals surface area contributed by atoms with Gasteiger partial charge in [-0.05, 0) is 48.6 Å². The Morgan fingerprint density at radius 2 is 2.28 bits per heavy atom. The predicted molar refractivity (Wildman–Crippen MR) is 67.4 cm³/mol. The van der Waals surface area contributed by atoms with Crippen molar-refractivity contribution in [1.82, 2.24) is 0 Å². The largest absolute Gasteiger partial charge is 0.481 e. The van der Waals surface area contributed by atoms with Gasteiger partial charge < -0.3 is 9.52 Å². The van der Waals surface area contributed by atoms with Crippen LogP contribution in [0.25, 0.3) is 0 Å². The summed E-state index contributed by atoms with van der Waals surface area (Å²) in [5, 5.41) is 9.49. The molecule has 1 aromatic rings. The number of fused-ring (bicyclic) bond motifs is 2. The zero-order valence-electron chi connectivity index (χ0n) is 11.0. The van der Waals surface area contributed by atoms with Gasteiger partial charge in [0.1, 0.15) is 5.76 Å². The molecule has 0 spiro atoms. The number of carboxylic acid groups (broad SMARTS) is 1. The van der Waals surface area contributed by atoms with E-state index in [9.17, 15) is 9.90 Å². The second-order valence-corrected chi connectivity index (χ2v) is 6.23. The van der Waals surface area contributed by atoms with Crippen LogP contribution in [-0.2, 0) is 17.6 Å². The number of rotatable bonds is 1. The van der Waals surface area contributed by atoms with Gasteiger partial charge >= 0.3 is 5.97 Å². The van der Waals surface area contributed by atoms with E-state index >= 15 is 0 Å². The summed E-state index contributed by atoms with van der Waals surface area (Å²) in [5.74, 6) is 0.747. The number of carboxylic acids is 1. The van der Waals surface area contributed by atoms with Crippen LogP contribution in [0.2, 0.25) is 0 Å². The van der Waals surface area contributed by atoms with E-state index < -0.39 is 5.97 Å². The number of aryl methyl sites for hydroxylation is 1. The molecule has 0 aromatic carbocycles. The van der Waals surface area contributed by atoms with E-state index in [4.69, 9.17) is 4.42 Å². The molecular weight excluding hydrogens is 228 g/mol. The third-order valence-corrected chi connectivity index (χ3v) is 5.25. The molecule has 2 aliphatic carbocycles. The fraction of sp³-hybridized carbons (Fsp3) is 0.667. The van der Waals surface area contributed by atoms with Crippen LogP contribution < -0.4 is 0 Å². The normalized spacial score (nSPS) is 34.8. The second kappa shape index (κ2) is 3.87. The highest BCUT2D eigenvalue weighted by Crippen LogP contribution is 2.52. The molecule has 0 amide bonds. The first-order valence-electron chi connectivity index (χ1n) is 6.81. The van der Waals surface area contributed by atoms with Crippen LogP contribution in [0, 0.1) is 24.2 Å². The van der Waals surface area contributed by atoms with Crippen molar-refractivity contribution in [2.75, 3.05) is 0 Å². The smallest absolute Gasteiger partial charge is 0.307 e. The van der Waals surface area contributed by atoms with Crippen LogP contribution in [0.5, 0.6) is 0 Å². The van der Waals surface area contributed by atoms with Crippen molar-refractivity contribution in [3.8, 4) is 0 Å². The molecule has 1 fully saturated rings. The van der Waals surface area contributed by atoms with Gasteiger partial charge in [-0.25, -0.2) is 0 Å². The topological polar surface area (TPSA) is 50.4 Å². The molecule has 98 valence electrons. The Balaban J connectivity index is 2.02.